The van der Waals surface area contributed by atoms with E-state index in [1.54, 1.807) is 25.1 Å². The number of aliphatic carboxylic acids is 1. The Morgan fingerprint density at radius 1 is 1.41 bits per heavy atom. The second kappa shape index (κ2) is 4.67. The normalized spacial score (nSPS) is 20.1. The van der Waals surface area contributed by atoms with Crippen molar-refractivity contribution < 1.29 is 9.90 Å². The highest BCUT2D eigenvalue weighted by molar-refractivity contribution is 6.30. The first-order chi connectivity index (χ1) is 8.05. The molecule has 1 atom stereocenters. The van der Waals surface area contributed by atoms with E-state index in [0.717, 1.165) is 31.5 Å². The van der Waals surface area contributed by atoms with E-state index >= 15 is 0 Å². The van der Waals surface area contributed by atoms with Gasteiger partial charge in [0.1, 0.15) is 5.54 Å². The number of carboxylic acids is 1. The Hall–Kier alpha value is -1.06. The third-order valence-corrected chi connectivity index (χ3v) is 3.78. The summed E-state index contributed by atoms with van der Waals surface area (Å²) in [6.45, 7) is 3.41. The Bertz CT molecular complexity index is 429. The lowest BCUT2D eigenvalue weighted by Gasteiger charge is -2.35. The fraction of sp³-hybridized carbons (Fsp3) is 0.462. The van der Waals surface area contributed by atoms with Gasteiger partial charge in [0.15, 0.2) is 0 Å². The standard InChI is InChI=1S/C13H16ClNO2/c1-13(12(16)17,15-7-2-3-8-15)10-5-4-6-11(14)9-10/h4-6,9H,2-3,7-8H2,1H3,(H,16,17). The zero-order valence-corrected chi connectivity index (χ0v) is 10.6. The maximum Gasteiger partial charge on any atom is 0.328 e. The maximum absolute atomic E-state index is 11.6. The average molecular weight is 254 g/mol. The lowest BCUT2D eigenvalue weighted by atomic mass is 9.90. The van der Waals surface area contributed by atoms with Gasteiger partial charge in [-0.2, -0.15) is 0 Å². The third kappa shape index (κ3) is 2.17. The van der Waals surface area contributed by atoms with Gasteiger partial charge >= 0.3 is 5.97 Å². The van der Waals surface area contributed by atoms with Crippen molar-refractivity contribution in [2.45, 2.75) is 25.3 Å². The van der Waals surface area contributed by atoms with Gasteiger partial charge in [-0.05, 0) is 50.6 Å². The van der Waals surface area contributed by atoms with E-state index in [0.29, 0.717) is 5.02 Å². The third-order valence-electron chi connectivity index (χ3n) is 3.54. The van der Waals surface area contributed by atoms with Gasteiger partial charge in [-0.25, -0.2) is 4.79 Å². The second-order valence-electron chi connectivity index (χ2n) is 4.58. The van der Waals surface area contributed by atoms with Crippen molar-refractivity contribution in [3.05, 3.63) is 34.9 Å². The fourth-order valence-electron chi connectivity index (χ4n) is 2.40. The molecule has 0 spiro atoms. The topological polar surface area (TPSA) is 40.5 Å². The summed E-state index contributed by atoms with van der Waals surface area (Å²) in [4.78, 5) is 13.7. The van der Waals surface area contributed by atoms with Crippen LogP contribution >= 0.6 is 11.6 Å². The Morgan fingerprint density at radius 2 is 2.06 bits per heavy atom. The summed E-state index contributed by atoms with van der Waals surface area (Å²) in [7, 11) is 0. The molecule has 0 radical (unpaired) electrons. The molecule has 1 heterocycles. The van der Waals surface area contributed by atoms with Crippen LogP contribution in [0.4, 0.5) is 0 Å². The van der Waals surface area contributed by atoms with E-state index in [4.69, 9.17) is 11.6 Å². The van der Waals surface area contributed by atoms with Crippen LogP contribution in [0, 0.1) is 0 Å². The quantitative estimate of drug-likeness (QED) is 0.901. The number of nitrogens with zero attached hydrogens (tertiary/aromatic N) is 1. The highest BCUT2D eigenvalue weighted by Gasteiger charge is 2.42. The van der Waals surface area contributed by atoms with Gasteiger partial charge in [0.05, 0.1) is 0 Å². The summed E-state index contributed by atoms with van der Waals surface area (Å²) in [5.74, 6) is -0.818. The first-order valence-electron chi connectivity index (χ1n) is 5.79. The fourth-order valence-corrected chi connectivity index (χ4v) is 2.59. The first kappa shape index (κ1) is 12.4. The van der Waals surface area contributed by atoms with Gasteiger partial charge in [0.2, 0.25) is 0 Å². The maximum atomic E-state index is 11.6. The average Bonchev–Trinajstić information content (AvgIpc) is 2.81. The van der Waals surface area contributed by atoms with Crippen LogP contribution in [-0.2, 0) is 10.3 Å². The van der Waals surface area contributed by atoms with Gasteiger partial charge in [-0.1, -0.05) is 23.7 Å². The Balaban J connectivity index is 2.43. The molecule has 1 aromatic rings. The minimum Gasteiger partial charge on any atom is -0.480 e. The summed E-state index contributed by atoms with van der Waals surface area (Å²) in [5, 5.41) is 10.1. The molecular formula is C13H16ClNO2. The molecule has 1 aliphatic heterocycles. The molecule has 0 amide bonds. The molecule has 1 fully saturated rings. The monoisotopic (exact) mass is 253 g/mol. The minimum atomic E-state index is -0.971. The van der Waals surface area contributed by atoms with E-state index in [-0.39, 0.29) is 0 Å². The summed E-state index contributed by atoms with van der Waals surface area (Å²) < 4.78 is 0. The minimum absolute atomic E-state index is 0.578. The lowest BCUT2D eigenvalue weighted by Crippen LogP contribution is -2.48. The molecule has 3 nitrogen and oxygen atoms in total. The second-order valence-corrected chi connectivity index (χ2v) is 5.02. The number of hydrogen-bond donors (Lipinski definition) is 1. The predicted octanol–water partition coefficient (Wildman–Crippen LogP) is 2.74. The zero-order valence-electron chi connectivity index (χ0n) is 9.82. The first-order valence-corrected chi connectivity index (χ1v) is 6.17. The molecule has 92 valence electrons. The van der Waals surface area contributed by atoms with Crippen molar-refractivity contribution >= 4 is 17.6 Å². The van der Waals surface area contributed by atoms with Crippen LogP contribution in [0.5, 0.6) is 0 Å². The van der Waals surface area contributed by atoms with Crippen LogP contribution in [-0.4, -0.2) is 29.1 Å². The molecule has 2 rings (SSSR count). The molecular weight excluding hydrogens is 238 g/mol. The number of benzene rings is 1. The molecule has 0 saturated carbocycles. The number of rotatable bonds is 3. The molecule has 0 aromatic heterocycles. The van der Waals surface area contributed by atoms with Crippen molar-refractivity contribution in [2.75, 3.05) is 13.1 Å². The smallest absolute Gasteiger partial charge is 0.328 e. The van der Waals surface area contributed by atoms with Gasteiger partial charge < -0.3 is 5.11 Å². The Kier molecular flexibility index (Phi) is 3.40. The van der Waals surface area contributed by atoms with Crippen molar-refractivity contribution in [3.63, 3.8) is 0 Å². The molecule has 17 heavy (non-hydrogen) atoms. The van der Waals surface area contributed by atoms with Crippen molar-refractivity contribution in [3.8, 4) is 0 Å². The van der Waals surface area contributed by atoms with E-state index in [1.165, 1.54) is 0 Å². The number of carbonyl (C=O) groups is 1. The summed E-state index contributed by atoms with van der Waals surface area (Å²) in [6, 6.07) is 7.14. The molecule has 1 saturated heterocycles. The van der Waals surface area contributed by atoms with Crippen LogP contribution in [0.3, 0.4) is 0 Å². The van der Waals surface area contributed by atoms with Crippen molar-refractivity contribution in [2.24, 2.45) is 0 Å². The number of halogens is 1. The van der Waals surface area contributed by atoms with Crippen molar-refractivity contribution in [1.82, 2.24) is 4.90 Å². The van der Waals surface area contributed by atoms with Gasteiger partial charge in [0, 0.05) is 5.02 Å². The largest absolute Gasteiger partial charge is 0.480 e. The van der Waals surface area contributed by atoms with E-state index in [1.807, 2.05) is 11.0 Å². The predicted molar refractivity (Wildman–Crippen MR) is 67.2 cm³/mol. The van der Waals surface area contributed by atoms with Crippen LogP contribution < -0.4 is 0 Å². The number of hydrogen-bond acceptors (Lipinski definition) is 2. The van der Waals surface area contributed by atoms with Gasteiger partial charge in [0.25, 0.3) is 0 Å². The zero-order chi connectivity index (χ0) is 12.5. The lowest BCUT2D eigenvalue weighted by molar-refractivity contribution is -0.150. The molecule has 0 bridgehead atoms. The highest BCUT2D eigenvalue weighted by Crippen LogP contribution is 2.33. The van der Waals surface area contributed by atoms with Crippen molar-refractivity contribution in [1.29, 1.82) is 0 Å². The van der Waals surface area contributed by atoms with E-state index in [2.05, 4.69) is 0 Å². The van der Waals surface area contributed by atoms with Crippen LogP contribution in [0.25, 0.3) is 0 Å². The summed E-state index contributed by atoms with van der Waals surface area (Å²) >= 11 is 5.95. The van der Waals surface area contributed by atoms with Crippen LogP contribution in [0.2, 0.25) is 5.02 Å². The molecule has 1 aromatic carbocycles. The van der Waals surface area contributed by atoms with Crippen LogP contribution in [0.15, 0.2) is 24.3 Å². The molecule has 1 aliphatic rings. The molecule has 4 heteroatoms. The molecule has 0 aliphatic carbocycles. The highest BCUT2D eigenvalue weighted by atomic mass is 35.5. The molecule has 1 unspecified atom stereocenters. The summed E-state index contributed by atoms with van der Waals surface area (Å²) in [5.41, 5.74) is -0.221. The van der Waals surface area contributed by atoms with E-state index in [9.17, 15) is 9.90 Å². The Morgan fingerprint density at radius 3 is 2.59 bits per heavy atom. The number of likely N-dealkylation sites (tertiary alicyclic amines) is 1. The van der Waals surface area contributed by atoms with Crippen LogP contribution in [0.1, 0.15) is 25.3 Å². The Labute approximate surface area is 106 Å². The van der Waals surface area contributed by atoms with Gasteiger partial charge in [-0.3, -0.25) is 4.90 Å². The number of carboxylic acid groups (broad SMARTS) is 1. The molecule has 1 N–H and O–H groups in total. The van der Waals surface area contributed by atoms with Gasteiger partial charge in [-0.15, -0.1) is 0 Å². The SMILES string of the molecule is CC(C(=O)O)(c1cccc(Cl)c1)N1CCCC1. The summed E-state index contributed by atoms with van der Waals surface area (Å²) in [6.07, 6.45) is 2.12. The van der Waals surface area contributed by atoms with E-state index < -0.39 is 11.5 Å².